The zero-order valence-corrected chi connectivity index (χ0v) is 10.7. The van der Waals surface area contributed by atoms with E-state index in [-0.39, 0.29) is 5.91 Å². The highest BCUT2D eigenvalue weighted by molar-refractivity contribution is 5.85. The fourth-order valence-electron chi connectivity index (χ4n) is 1.43. The number of hydrogen-bond donors (Lipinski definition) is 2. The van der Waals surface area contributed by atoms with Gasteiger partial charge in [0.2, 0.25) is 5.91 Å². The molecule has 0 saturated heterocycles. The SMILES string of the molecule is CCC(N)(CC)C(=O)NCc1cnc(C)cn1. The van der Waals surface area contributed by atoms with E-state index in [4.69, 9.17) is 5.73 Å². The van der Waals surface area contributed by atoms with Crippen molar-refractivity contribution in [3.8, 4) is 0 Å². The van der Waals surface area contributed by atoms with Crippen LogP contribution in [0, 0.1) is 6.92 Å². The topological polar surface area (TPSA) is 80.9 Å². The van der Waals surface area contributed by atoms with Crippen LogP contribution in [0.2, 0.25) is 0 Å². The first-order valence-corrected chi connectivity index (χ1v) is 5.86. The summed E-state index contributed by atoms with van der Waals surface area (Å²) in [7, 11) is 0. The number of nitrogens with zero attached hydrogens (tertiary/aromatic N) is 2. The standard InChI is InChI=1S/C12H20N4O/c1-4-12(13,5-2)11(17)16-8-10-7-14-9(3)6-15-10/h6-7H,4-5,8,13H2,1-3H3,(H,16,17). The van der Waals surface area contributed by atoms with E-state index in [1.165, 1.54) is 0 Å². The van der Waals surface area contributed by atoms with E-state index < -0.39 is 5.54 Å². The minimum Gasteiger partial charge on any atom is -0.349 e. The number of hydrogen-bond acceptors (Lipinski definition) is 4. The molecule has 1 rings (SSSR count). The summed E-state index contributed by atoms with van der Waals surface area (Å²) in [5.74, 6) is -0.134. The lowest BCUT2D eigenvalue weighted by molar-refractivity contribution is -0.126. The number of carbonyl (C=O) groups excluding carboxylic acids is 1. The van der Waals surface area contributed by atoms with Gasteiger partial charge >= 0.3 is 0 Å². The Kier molecular flexibility index (Phi) is 4.57. The average Bonchev–Trinajstić information content (AvgIpc) is 2.36. The number of aromatic nitrogens is 2. The lowest BCUT2D eigenvalue weighted by atomic mass is 9.93. The van der Waals surface area contributed by atoms with E-state index in [0.29, 0.717) is 19.4 Å². The van der Waals surface area contributed by atoms with Crippen molar-refractivity contribution >= 4 is 5.91 Å². The van der Waals surface area contributed by atoms with Crippen LogP contribution >= 0.6 is 0 Å². The zero-order chi connectivity index (χ0) is 12.9. The maximum absolute atomic E-state index is 11.9. The second-order valence-electron chi connectivity index (χ2n) is 4.20. The maximum Gasteiger partial charge on any atom is 0.240 e. The molecule has 17 heavy (non-hydrogen) atoms. The van der Waals surface area contributed by atoms with Crippen LogP contribution in [0.4, 0.5) is 0 Å². The van der Waals surface area contributed by atoms with Crippen LogP contribution in [-0.2, 0) is 11.3 Å². The quantitative estimate of drug-likeness (QED) is 0.796. The minimum absolute atomic E-state index is 0.134. The monoisotopic (exact) mass is 236 g/mol. The minimum atomic E-state index is -0.780. The van der Waals surface area contributed by atoms with Crippen LogP contribution in [0.3, 0.4) is 0 Å². The van der Waals surface area contributed by atoms with Gasteiger partial charge in [0.1, 0.15) is 0 Å². The third-order valence-electron chi connectivity index (χ3n) is 2.98. The summed E-state index contributed by atoms with van der Waals surface area (Å²) in [6, 6.07) is 0. The fourth-order valence-corrected chi connectivity index (χ4v) is 1.43. The Balaban J connectivity index is 2.56. The van der Waals surface area contributed by atoms with Crippen molar-refractivity contribution in [2.45, 2.75) is 45.7 Å². The molecule has 5 nitrogen and oxygen atoms in total. The molecule has 0 bridgehead atoms. The molecular weight excluding hydrogens is 216 g/mol. The number of aryl methyl sites for hydroxylation is 1. The molecule has 5 heteroatoms. The van der Waals surface area contributed by atoms with Crippen molar-refractivity contribution in [2.75, 3.05) is 0 Å². The summed E-state index contributed by atoms with van der Waals surface area (Å²) >= 11 is 0. The van der Waals surface area contributed by atoms with E-state index in [9.17, 15) is 4.79 Å². The predicted molar refractivity (Wildman–Crippen MR) is 66.1 cm³/mol. The molecule has 0 aliphatic carbocycles. The Morgan fingerprint density at radius 2 is 2.00 bits per heavy atom. The number of nitrogens with two attached hydrogens (primary N) is 1. The Labute approximate surface area is 102 Å². The third kappa shape index (κ3) is 3.49. The molecule has 3 N–H and O–H groups in total. The number of amides is 1. The summed E-state index contributed by atoms with van der Waals surface area (Å²) in [5, 5.41) is 2.79. The molecule has 0 aliphatic heterocycles. The third-order valence-corrected chi connectivity index (χ3v) is 2.98. The molecule has 0 spiro atoms. The molecule has 1 aromatic rings. The van der Waals surface area contributed by atoms with Gasteiger partial charge < -0.3 is 11.1 Å². The first kappa shape index (κ1) is 13.6. The van der Waals surface area contributed by atoms with Crippen molar-refractivity contribution in [1.29, 1.82) is 0 Å². The van der Waals surface area contributed by atoms with Crippen molar-refractivity contribution < 1.29 is 4.79 Å². The average molecular weight is 236 g/mol. The molecule has 0 radical (unpaired) electrons. The van der Waals surface area contributed by atoms with Gasteiger partial charge in [-0.1, -0.05) is 13.8 Å². The summed E-state index contributed by atoms with van der Waals surface area (Å²) in [6.45, 7) is 6.06. The van der Waals surface area contributed by atoms with E-state index in [1.54, 1.807) is 12.4 Å². The summed E-state index contributed by atoms with van der Waals surface area (Å²) in [4.78, 5) is 20.2. The Bertz CT molecular complexity index is 371. The van der Waals surface area contributed by atoms with E-state index >= 15 is 0 Å². The largest absolute Gasteiger partial charge is 0.349 e. The summed E-state index contributed by atoms with van der Waals surface area (Å²) in [6.07, 6.45) is 4.58. The smallest absolute Gasteiger partial charge is 0.240 e. The zero-order valence-electron chi connectivity index (χ0n) is 10.7. The molecule has 94 valence electrons. The summed E-state index contributed by atoms with van der Waals surface area (Å²) < 4.78 is 0. The van der Waals surface area contributed by atoms with Gasteiger partial charge in [-0.3, -0.25) is 14.8 Å². The summed E-state index contributed by atoms with van der Waals surface area (Å²) in [5.41, 5.74) is 6.79. The van der Waals surface area contributed by atoms with Crippen molar-refractivity contribution in [2.24, 2.45) is 5.73 Å². The van der Waals surface area contributed by atoms with E-state index in [2.05, 4.69) is 15.3 Å². The van der Waals surface area contributed by atoms with Gasteiger partial charge in [-0.25, -0.2) is 0 Å². The van der Waals surface area contributed by atoms with Crippen LogP contribution in [0.5, 0.6) is 0 Å². The first-order chi connectivity index (χ1) is 8.01. The molecular formula is C12H20N4O. The predicted octanol–water partition coefficient (Wildman–Crippen LogP) is 0.919. The van der Waals surface area contributed by atoms with E-state index in [0.717, 1.165) is 11.4 Å². The van der Waals surface area contributed by atoms with Crippen molar-refractivity contribution in [3.05, 3.63) is 23.8 Å². The molecule has 1 aromatic heterocycles. The Hall–Kier alpha value is -1.49. The normalized spacial score (nSPS) is 11.3. The molecule has 0 fully saturated rings. The van der Waals surface area contributed by atoms with Crippen LogP contribution in [0.15, 0.2) is 12.4 Å². The molecule has 0 aromatic carbocycles. The highest BCUT2D eigenvalue weighted by Crippen LogP contribution is 2.11. The maximum atomic E-state index is 11.9. The van der Waals surface area contributed by atoms with Crippen molar-refractivity contribution in [1.82, 2.24) is 15.3 Å². The fraction of sp³-hybridized carbons (Fsp3) is 0.583. The number of rotatable bonds is 5. The lowest BCUT2D eigenvalue weighted by Gasteiger charge is -2.24. The van der Waals surface area contributed by atoms with Gasteiger partial charge in [-0.15, -0.1) is 0 Å². The van der Waals surface area contributed by atoms with Crippen molar-refractivity contribution in [3.63, 3.8) is 0 Å². The van der Waals surface area contributed by atoms with E-state index in [1.807, 2.05) is 20.8 Å². The van der Waals surface area contributed by atoms with Gasteiger partial charge in [0.05, 0.1) is 29.7 Å². The van der Waals surface area contributed by atoms with Crippen LogP contribution < -0.4 is 11.1 Å². The molecule has 0 unspecified atom stereocenters. The van der Waals surface area contributed by atoms with Gasteiger partial charge in [0, 0.05) is 6.20 Å². The Morgan fingerprint density at radius 1 is 1.35 bits per heavy atom. The van der Waals surface area contributed by atoms with Crippen LogP contribution in [0.25, 0.3) is 0 Å². The Morgan fingerprint density at radius 3 is 2.47 bits per heavy atom. The number of nitrogens with one attached hydrogen (secondary N) is 1. The molecule has 0 atom stereocenters. The van der Waals surface area contributed by atoms with Gasteiger partial charge in [0.25, 0.3) is 0 Å². The van der Waals surface area contributed by atoms with Gasteiger partial charge in [-0.2, -0.15) is 0 Å². The highest BCUT2D eigenvalue weighted by Gasteiger charge is 2.29. The van der Waals surface area contributed by atoms with Gasteiger partial charge in [-0.05, 0) is 19.8 Å². The van der Waals surface area contributed by atoms with Crippen LogP contribution in [-0.4, -0.2) is 21.4 Å². The molecule has 0 aliphatic rings. The lowest BCUT2D eigenvalue weighted by Crippen LogP contribution is -2.52. The number of carbonyl (C=O) groups is 1. The second kappa shape index (κ2) is 5.72. The first-order valence-electron chi connectivity index (χ1n) is 5.86. The highest BCUT2D eigenvalue weighted by atomic mass is 16.2. The second-order valence-corrected chi connectivity index (χ2v) is 4.20. The molecule has 0 saturated carbocycles. The molecule has 1 amide bonds. The van der Waals surface area contributed by atoms with Gasteiger partial charge in [0.15, 0.2) is 0 Å². The molecule has 1 heterocycles. The van der Waals surface area contributed by atoms with Crippen LogP contribution in [0.1, 0.15) is 38.1 Å².